The minimum Gasteiger partial charge on any atom is -0.353 e. The minimum absolute atomic E-state index is 0.0417. The van der Waals surface area contributed by atoms with E-state index in [0.717, 1.165) is 29.9 Å². The molecule has 7 heteroatoms. The SMILES string of the molecule is Cc1ccc(-n2c(SCC(=O)NC3CC3)nnc2-c2cccnc2)cc1C. The van der Waals surface area contributed by atoms with Crippen LogP contribution in [0.15, 0.2) is 47.9 Å². The van der Waals surface area contributed by atoms with E-state index >= 15 is 0 Å². The summed E-state index contributed by atoms with van der Waals surface area (Å²) < 4.78 is 2.00. The van der Waals surface area contributed by atoms with Crippen molar-refractivity contribution < 1.29 is 4.79 Å². The molecule has 2 aromatic heterocycles. The van der Waals surface area contributed by atoms with Gasteiger partial charge in [0.1, 0.15) is 0 Å². The third-order valence-electron chi connectivity index (χ3n) is 4.58. The molecule has 0 aliphatic heterocycles. The normalized spacial score (nSPS) is 13.6. The zero-order chi connectivity index (χ0) is 18.8. The van der Waals surface area contributed by atoms with Gasteiger partial charge < -0.3 is 5.32 Å². The maximum absolute atomic E-state index is 12.1. The van der Waals surface area contributed by atoms with Crippen molar-refractivity contribution in [3.8, 4) is 17.1 Å². The van der Waals surface area contributed by atoms with Gasteiger partial charge >= 0.3 is 0 Å². The van der Waals surface area contributed by atoms with Crippen molar-refractivity contribution >= 4 is 17.7 Å². The van der Waals surface area contributed by atoms with Crippen molar-refractivity contribution in [2.75, 3.05) is 5.75 Å². The molecule has 1 aromatic carbocycles. The number of benzene rings is 1. The van der Waals surface area contributed by atoms with Crippen molar-refractivity contribution in [1.82, 2.24) is 25.1 Å². The van der Waals surface area contributed by atoms with Crippen LogP contribution in [0.25, 0.3) is 17.1 Å². The van der Waals surface area contributed by atoms with Crippen LogP contribution in [0.2, 0.25) is 0 Å². The second-order valence-electron chi connectivity index (χ2n) is 6.78. The van der Waals surface area contributed by atoms with Gasteiger partial charge in [-0.3, -0.25) is 14.3 Å². The molecule has 1 aliphatic carbocycles. The first kappa shape index (κ1) is 17.7. The summed E-state index contributed by atoms with van der Waals surface area (Å²) in [5.41, 5.74) is 4.29. The van der Waals surface area contributed by atoms with E-state index in [0.29, 0.717) is 17.0 Å². The molecule has 1 amide bonds. The van der Waals surface area contributed by atoms with E-state index in [2.05, 4.69) is 52.5 Å². The molecular formula is C20H21N5OS. The van der Waals surface area contributed by atoms with Gasteiger partial charge in [-0.25, -0.2) is 0 Å². The second kappa shape index (κ2) is 7.52. The number of amides is 1. The number of thioether (sulfide) groups is 1. The summed E-state index contributed by atoms with van der Waals surface area (Å²) in [6.07, 6.45) is 5.68. The standard InChI is InChI=1S/C20H21N5OS/c1-13-5-8-17(10-14(13)2)25-19(15-4-3-9-21-11-15)23-24-20(25)27-12-18(26)22-16-6-7-16/h3-5,8-11,16H,6-7,12H2,1-2H3,(H,22,26). The fraction of sp³-hybridized carbons (Fsp3) is 0.300. The van der Waals surface area contributed by atoms with Crippen LogP contribution < -0.4 is 5.32 Å². The topological polar surface area (TPSA) is 72.7 Å². The molecule has 1 saturated carbocycles. The molecule has 27 heavy (non-hydrogen) atoms. The lowest BCUT2D eigenvalue weighted by Crippen LogP contribution is -2.27. The van der Waals surface area contributed by atoms with Gasteiger partial charge in [-0.1, -0.05) is 17.8 Å². The van der Waals surface area contributed by atoms with E-state index in [1.165, 1.54) is 22.9 Å². The third kappa shape index (κ3) is 4.03. The number of carbonyl (C=O) groups is 1. The average molecular weight is 379 g/mol. The highest BCUT2D eigenvalue weighted by Crippen LogP contribution is 2.28. The van der Waals surface area contributed by atoms with Crippen LogP contribution in [0.3, 0.4) is 0 Å². The number of rotatable bonds is 6. The molecule has 3 aromatic rings. The predicted molar refractivity (Wildman–Crippen MR) is 106 cm³/mol. The summed E-state index contributed by atoms with van der Waals surface area (Å²) in [6.45, 7) is 4.17. The van der Waals surface area contributed by atoms with Crippen molar-refractivity contribution in [1.29, 1.82) is 0 Å². The first-order valence-electron chi connectivity index (χ1n) is 8.97. The predicted octanol–water partition coefficient (Wildman–Crippen LogP) is 3.32. The van der Waals surface area contributed by atoms with E-state index in [4.69, 9.17) is 0 Å². The lowest BCUT2D eigenvalue weighted by atomic mass is 10.1. The Balaban J connectivity index is 1.68. The van der Waals surface area contributed by atoms with E-state index in [1.54, 1.807) is 12.4 Å². The molecule has 0 saturated heterocycles. The number of pyridine rings is 1. The second-order valence-corrected chi connectivity index (χ2v) is 7.72. The Morgan fingerprint density at radius 2 is 2.07 bits per heavy atom. The fourth-order valence-corrected chi connectivity index (χ4v) is 3.53. The summed E-state index contributed by atoms with van der Waals surface area (Å²) in [6, 6.07) is 10.5. The molecule has 2 heterocycles. The van der Waals surface area contributed by atoms with Crippen LogP contribution in [0.5, 0.6) is 0 Å². The molecule has 0 bridgehead atoms. The molecule has 1 aliphatic rings. The zero-order valence-electron chi connectivity index (χ0n) is 15.3. The van der Waals surface area contributed by atoms with Crippen LogP contribution >= 0.6 is 11.8 Å². The molecule has 0 spiro atoms. The Morgan fingerprint density at radius 3 is 2.78 bits per heavy atom. The molecular weight excluding hydrogens is 358 g/mol. The van der Waals surface area contributed by atoms with Gasteiger partial charge in [0.05, 0.1) is 11.4 Å². The van der Waals surface area contributed by atoms with Gasteiger partial charge in [0.2, 0.25) is 5.91 Å². The lowest BCUT2D eigenvalue weighted by molar-refractivity contribution is -0.118. The van der Waals surface area contributed by atoms with Crippen LogP contribution in [-0.2, 0) is 4.79 Å². The number of hydrogen-bond donors (Lipinski definition) is 1. The van der Waals surface area contributed by atoms with Crippen LogP contribution in [0.1, 0.15) is 24.0 Å². The van der Waals surface area contributed by atoms with Gasteiger partial charge in [-0.2, -0.15) is 0 Å². The van der Waals surface area contributed by atoms with E-state index in [9.17, 15) is 4.79 Å². The number of nitrogens with zero attached hydrogens (tertiary/aromatic N) is 4. The highest BCUT2D eigenvalue weighted by molar-refractivity contribution is 7.99. The third-order valence-corrected chi connectivity index (χ3v) is 5.51. The Morgan fingerprint density at radius 1 is 1.22 bits per heavy atom. The summed E-state index contributed by atoms with van der Waals surface area (Å²) in [5, 5.41) is 12.5. The Labute approximate surface area is 162 Å². The van der Waals surface area contributed by atoms with E-state index in [-0.39, 0.29) is 5.91 Å². The van der Waals surface area contributed by atoms with Crippen LogP contribution in [-0.4, -0.2) is 37.5 Å². The zero-order valence-corrected chi connectivity index (χ0v) is 16.2. The molecule has 6 nitrogen and oxygen atoms in total. The fourth-order valence-electron chi connectivity index (χ4n) is 2.77. The summed E-state index contributed by atoms with van der Waals surface area (Å²) in [5.74, 6) is 1.09. The van der Waals surface area contributed by atoms with Crippen molar-refractivity contribution in [3.63, 3.8) is 0 Å². The monoisotopic (exact) mass is 379 g/mol. The molecule has 4 rings (SSSR count). The summed E-state index contributed by atoms with van der Waals surface area (Å²) in [7, 11) is 0. The lowest BCUT2D eigenvalue weighted by Gasteiger charge is -2.12. The molecule has 138 valence electrons. The van der Waals surface area contributed by atoms with Gasteiger partial charge in [-0.15, -0.1) is 10.2 Å². The number of aryl methyl sites for hydroxylation is 2. The van der Waals surface area contributed by atoms with Gasteiger partial charge in [0.15, 0.2) is 11.0 Å². The molecule has 0 radical (unpaired) electrons. The van der Waals surface area contributed by atoms with Gasteiger partial charge in [0.25, 0.3) is 0 Å². The number of aromatic nitrogens is 4. The Kier molecular flexibility index (Phi) is 4.94. The molecule has 0 unspecified atom stereocenters. The summed E-state index contributed by atoms with van der Waals surface area (Å²) >= 11 is 1.40. The molecule has 0 atom stereocenters. The molecule has 1 N–H and O–H groups in total. The number of carbonyl (C=O) groups excluding carboxylic acids is 1. The Hall–Kier alpha value is -2.67. The van der Waals surface area contributed by atoms with Crippen LogP contribution in [0.4, 0.5) is 0 Å². The summed E-state index contributed by atoms with van der Waals surface area (Å²) in [4.78, 5) is 16.3. The molecule has 1 fully saturated rings. The largest absolute Gasteiger partial charge is 0.353 e. The van der Waals surface area contributed by atoms with Gasteiger partial charge in [0, 0.05) is 24.0 Å². The smallest absolute Gasteiger partial charge is 0.230 e. The van der Waals surface area contributed by atoms with Gasteiger partial charge in [-0.05, 0) is 62.1 Å². The quantitative estimate of drug-likeness (QED) is 0.665. The van der Waals surface area contributed by atoms with Crippen molar-refractivity contribution in [3.05, 3.63) is 53.9 Å². The number of nitrogens with one attached hydrogen (secondary N) is 1. The van der Waals surface area contributed by atoms with Crippen molar-refractivity contribution in [2.45, 2.75) is 37.9 Å². The maximum atomic E-state index is 12.1. The first-order valence-corrected chi connectivity index (χ1v) is 9.96. The highest BCUT2D eigenvalue weighted by Gasteiger charge is 2.24. The first-order chi connectivity index (χ1) is 13.1. The minimum atomic E-state index is 0.0417. The average Bonchev–Trinajstić information content (AvgIpc) is 3.38. The maximum Gasteiger partial charge on any atom is 0.230 e. The highest BCUT2D eigenvalue weighted by atomic mass is 32.2. The Bertz CT molecular complexity index is 966. The number of hydrogen-bond acceptors (Lipinski definition) is 5. The van der Waals surface area contributed by atoms with Crippen LogP contribution in [0, 0.1) is 13.8 Å². The van der Waals surface area contributed by atoms with Crippen molar-refractivity contribution in [2.24, 2.45) is 0 Å². The van der Waals surface area contributed by atoms with E-state index < -0.39 is 0 Å². The van der Waals surface area contributed by atoms with E-state index in [1.807, 2.05) is 16.7 Å².